The van der Waals surface area contributed by atoms with Crippen LogP contribution in [0.5, 0.6) is 11.5 Å². The average molecular weight is 796 g/mol. The first kappa shape index (κ1) is 38.0. The summed E-state index contributed by atoms with van der Waals surface area (Å²) < 4.78 is 9.01. The Balaban J connectivity index is 1.05. The van der Waals surface area contributed by atoms with Gasteiger partial charge in [-0.3, -0.25) is 4.57 Å². The van der Waals surface area contributed by atoms with Gasteiger partial charge in [-0.25, -0.2) is 9.97 Å². The zero-order valence-electron chi connectivity index (χ0n) is 35.6. The highest BCUT2D eigenvalue weighted by Gasteiger charge is 2.33. The molecule has 0 aliphatic carbocycles. The van der Waals surface area contributed by atoms with E-state index in [1.807, 2.05) is 24.5 Å². The molecule has 10 rings (SSSR count). The molecule has 1 aliphatic heterocycles. The fourth-order valence-corrected chi connectivity index (χ4v) is 8.64. The molecule has 6 nitrogen and oxygen atoms in total. The molecule has 61 heavy (non-hydrogen) atoms. The van der Waals surface area contributed by atoms with Gasteiger partial charge in [-0.05, 0) is 99.8 Å². The predicted octanol–water partition coefficient (Wildman–Crippen LogP) is 14.5. The van der Waals surface area contributed by atoms with Crippen molar-refractivity contribution in [2.24, 2.45) is 0 Å². The second kappa shape index (κ2) is 14.8. The Hall–Kier alpha value is -7.18. The topological polar surface area (TPSA) is 46.4 Å². The second-order valence-corrected chi connectivity index (χ2v) is 18.0. The van der Waals surface area contributed by atoms with E-state index in [0.717, 1.165) is 56.6 Å². The van der Waals surface area contributed by atoms with Gasteiger partial charge in [0.1, 0.15) is 24.0 Å². The van der Waals surface area contributed by atoms with E-state index in [2.05, 4.69) is 208 Å². The SMILES string of the molecule is CC(C)(C)c1ccnc(-n2c3ccccc3c3ccc(Oc4cccc(N5CN(c6c(-c7ccccc7)cc(C(C)(C)C)cc6-c6ccccc6)c6cccnc65)c4)cc32)c1. The van der Waals surface area contributed by atoms with E-state index in [9.17, 15) is 0 Å². The quantitative estimate of drug-likeness (QED) is 0.161. The van der Waals surface area contributed by atoms with Crippen LogP contribution in [-0.4, -0.2) is 21.2 Å². The van der Waals surface area contributed by atoms with Crippen molar-refractivity contribution in [3.8, 4) is 39.6 Å². The lowest BCUT2D eigenvalue weighted by Crippen LogP contribution is -2.25. The molecule has 6 aromatic carbocycles. The molecule has 0 unspecified atom stereocenters. The number of pyridine rings is 2. The summed E-state index contributed by atoms with van der Waals surface area (Å²) in [7, 11) is 0. The van der Waals surface area contributed by atoms with Gasteiger partial charge >= 0.3 is 0 Å². The lowest BCUT2D eigenvalue weighted by atomic mass is 9.82. The standard InChI is InChI=1S/C55H49N5O/c1-54(2,3)39-28-30-56-51(33-39)60-48-24-14-13-23-44(48)45-27-26-43(35-50(45)60)61-42-22-15-21-41(34-42)58-36-59(49-25-16-29-57-53(49)58)52-46(37-17-9-7-10-18-37)31-40(55(4,5)6)32-47(52)38-19-11-8-12-20-38/h7-35H,36H2,1-6H3. The van der Waals surface area contributed by atoms with Crippen molar-refractivity contribution in [1.29, 1.82) is 0 Å². The molecular weight excluding hydrogens is 747 g/mol. The number of fused-ring (bicyclic) bond motifs is 4. The molecule has 4 heterocycles. The van der Waals surface area contributed by atoms with Gasteiger partial charge in [0.2, 0.25) is 0 Å². The maximum atomic E-state index is 6.76. The summed E-state index contributed by atoms with van der Waals surface area (Å²) >= 11 is 0. The number of anilines is 4. The van der Waals surface area contributed by atoms with E-state index in [4.69, 9.17) is 14.7 Å². The first-order valence-corrected chi connectivity index (χ1v) is 21.1. The minimum absolute atomic E-state index is 0.0105. The van der Waals surface area contributed by atoms with Crippen molar-refractivity contribution in [2.45, 2.75) is 52.4 Å². The van der Waals surface area contributed by atoms with Crippen LogP contribution in [0.25, 0.3) is 49.9 Å². The van der Waals surface area contributed by atoms with E-state index in [0.29, 0.717) is 6.67 Å². The van der Waals surface area contributed by atoms with Gasteiger partial charge in [-0.15, -0.1) is 0 Å². The average Bonchev–Trinajstić information content (AvgIpc) is 3.82. The zero-order chi connectivity index (χ0) is 41.9. The summed E-state index contributed by atoms with van der Waals surface area (Å²) in [6.45, 7) is 14.1. The van der Waals surface area contributed by atoms with Crippen LogP contribution in [0.4, 0.5) is 22.9 Å². The Kier molecular flexibility index (Phi) is 9.25. The maximum absolute atomic E-state index is 6.76. The molecule has 0 amide bonds. The molecule has 0 bridgehead atoms. The highest BCUT2D eigenvalue weighted by Crippen LogP contribution is 2.51. The molecule has 3 aromatic heterocycles. The Morgan fingerprint density at radius 3 is 1.85 bits per heavy atom. The van der Waals surface area contributed by atoms with Crippen molar-refractivity contribution < 1.29 is 4.74 Å². The molecule has 0 atom stereocenters. The monoisotopic (exact) mass is 795 g/mol. The summed E-state index contributed by atoms with van der Waals surface area (Å²) in [6.07, 6.45) is 3.80. The fourth-order valence-electron chi connectivity index (χ4n) is 8.64. The number of hydrogen-bond donors (Lipinski definition) is 0. The van der Waals surface area contributed by atoms with Gasteiger partial charge in [0.15, 0.2) is 5.82 Å². The zero-order valence-corrected chi connectivity index (χ0v) is 35.6. The number of rotatable bonds is 7. The minimum Gasteiger partial charge on any atom is -0.457 e. The minimum atomic E-state index is -0.0577. The van der Waals surface area contributed by atoms with E-state index in [-0.39, 0.29) is 10.8 Å². The van der Waals surface area contributed by atoms with Gasteiger partial charge in [0, 0.05) is 52.1 Å². The molecule has 0 saturated heterocycles. The molecule has 0 saturated carbocycles. The lowest BCUT2D eigenvalue weighted by molar-refractivity contribution is 0.483. The second-order valence-electron chi connectivity index (χ2n) is 18.0. The van der Waals surface area contributed by atoms with Crippen molar-refractivity contribution in [3.05, 3.63) is 187 Å². The highest BCUT2D eigenvalue weighted by atomic mass is 16.5. The third-order valence-electron chi connectivity index (χ3n) is 11.9. The van der Waals surface area contributed by atoms with Gasteiger partial charge in [-0.1, -0.05) is 126 Å². The number of nitrogens with zero attached hydrogens (tertiary/aromatic N) is 5. The number of hydrogen-bond acceptors (Lipinski definition) is 5. The molecule has 9 aromatic rings. The van der Waals surface area contributed by atoms with Crippen LogP contribution in [0.2, 0.25) is 0 Å². The van der Waals surface area contributed by atoms with E-state index < -0.39 is 0 Å². The lowest BCUT2D eigenvalue weighted by Gasteiger charge is -2.30. The third-order valence-corrected chi connectivity index (χ3v) is 11.9. The van der Waals surface area contributed by atoms with Gasteiger partial charge in [0.25, 0.3) is 0 Å². The van der Waals surface area contributed by atoms with Crippen LogP contribution in [0.15, 0.2) is 176 Å². The smallest absolute Gasteiger partial charge is 0.158 e. The molecule has 0 spiro atoms. The van der Waals surface area contributed by atoms with E-state index in [1.54, 1.807) is 0 Å². The number of ether oxygens (including phenoxy) is 1. The van der Waals surface area contributed by atoms with Crippen molar-refractivity contribution in [1.82, 2.24) is 14.5 Å². The first-order chi connectivity index (χ1) is 29.5. The molecule has 1 aliphatic rings. The molecule has 0 N–H and O–H groups in total. The highest BCUT2D eigenvalue weighted by molar-refractivity contribution is 6.09. The Morgan fingerprint density at radius 1 is 0.492 bits per heavy atom. The van der Waals surface area contributed by atoms with Gasteiger partial charge in [-0.2, -0.15) is 0 Å². The molecule has 6 heteroatoms. The molecular formula is C55H49N5O. The summed E-state index contributed by atoms with van der Waals surface area (Å²) in [5, 5.41) is 2.33. The molecule has 300 valence electrons. The largest absolute Gasteiger partial charge is 0.457 e. The Labute approximate surface area is 358 Å². The van der Waals surface area contributed by atoms with Crippen molar-refractivity contribution >= 4 is 44.7 Å². The summed E-state index contributed by atoms with van der Waals surface area (Å²) in [4.78, 5) is 14.6. The van der Waals surface area contributed by atoms with Gasteiger partial charge in [0.05, 0.1) is 22.4 Å². The van der Waals surface area contributed by atoms with Crippen LogP contribution in [0.3, 0.4) is 0 Å². The Bertz CT molecular complexity index is 3000. The third kappa shape index (κ3) is 6.98. The van der Waals surface area contributed by atoms with Crippen LogP contribution >= 0.6 is 0 Å². The van der Waals surface area contributed by atoms with E-state index in [1.165, 1.54) is 38.8 Å². The fraction of sp³-hybridized carbons (Fsp3) is 0.164. The van der Waals surface area contributed by atoms with E-state index >= 15 is 0 Å². The van der Waals surface area contributed by atoms with Gasteiger partial charge < -0.3 is 14.5 Å². The van der Waals surface area contributed by atoms with Crippen LogP contribution in [0, 0.1) is 0 Å². The molecule has 0 fully saturated rings. The van der Waals surface area contributed by atoms with Crippen molar-refractivity contribution in [2.75, 3.05) is 16.5 Å². The Morgan fingerprint density at radius 2 is 1.15 bits per heavy atom. The van der Waals surface area contributed by atoms with Crippen molar-refractivity contribution in [3.63, 3.8) is 0 Å². The normalized spacial score (nSPS) is 13.0. The number of para-hydroxylation sites is 1. The summed E-state index contributed by atoms with van der Waals surface area (Å²) in [5.41, 5.74) is 12.5. The molecule has 0 radical (unpaired) electrons. The predicted molar refractivity (Wildman–Crippen MR) is 253 cm³/mol. The summed E-state index contributed by atoms with van der Waals surface area (Å²) in [5.74, 6) is 3.28. The first-order valence-electron chi connectivity index (χ1n) is 21.1. The van der Waals surface area contributed by atoms with Crippen LogP contribution < -0.4 is 14.5 Å². The number of aromatic nitrogens is 3. The maximum Gasteiger partial charge on any atom is 0.158 e. The summed E-state index contributed by atoms with van der Waals surface area (Å²) in [6, 6.07) is 58.1. The van der Waals surface area contributed by atoms with Crippen LogP contribution in [-0.2, 0) is 10.8 Å². The number of benzene rings is 6. The van der Waals surface area contributed by atoms with Crippen LogP contribution in [0.1, 0.15) is 52.7 Å².